The lowest BCUT2D eigenvalue weighted by atomic mass is 10.7. The first-order valence-electron chi connectivity index (χ1n) is 1.47. The molecule has 30 valence electrons. The Morgan fingerprint density at radius 1 is 2.00 bits per heavy atom. The number of hydrogen-bond donors (Lipinski definition) is 0. The summed E-state index contributed by atoms with van der Waals surface area (Å²) in [5.41, 5.74) is 0. The van der Waals surface area contributed by atoms with Crippen LogP contribution in [0, 0.1) is 0 Å². The Hall–Kier alpha value is -0.113. The highest BCUT2D eigenvalue weighted by atomic mass is 28.1. The molecule has 0 heterocycles. The van der Waals surface area contributed by atoms with Crippen LogP contribution in [0.3, 0.4) is 0 Å². The van der Waals surface area contributed by atoms with Gasteiger partial charge in [0.1, 0.15) is 6.67 Å². The maximum atomic E-state index is 11.1. The van der Waals surface area contributed by atoms with Crippen molar-refractivity contribution < 1.29 is 4.39 Å². The Kier molecular flexibility index (Phi) is 2.10. The van der Waals surface area contributed by atoms with E-state index >= 15 is 0 Å². The highest BCUT2D eigenvalue weighted by molar-refractivity contribution is 6.21. The Balaban J connectivity index is 2.85. The van der Waals surface area contributed by atoms with Crippen LogP contribution in [-0.2, 0) is 0 Å². The van der Waals surface area contributed by atoms with Crippen LogP contribution in [0.4, 0.5) is 4.39 Å². The van der Waals surface area contributed by atoms with Crippen molar-refractivity contribution in [3.05, 3.63) is 11.8 Å². The fourth-order valence-corrected chi connectivity index (χ4v) is 0. The van der Waals surface area contributed by atoms with Crippen molar-refractivity contribution in [1.29, 1.82) is 0 Å². The van der Waals surface area contributed by atoms with Gasteiger partial charge in [-0.3, -0.25) is 0 Å². The highest BCUT2D eigenvalue weighted by Crippen LogP contribution is 1.76. The van der Waals surface area contributed by atoms with Crippen LogP contribution in [0.2, 0.25) is 0 Å². The Labute approximate surface area is 34.1 Å². The molecule has 0 aromatic heterocycles. The van der Waals surface area contributed by atoms with Gasteiger partial charge in [-0.2, -0.15) is 0 Å². The van der Waals surface area contributed by atoms with E-state index in [0.717, 1.165) is 15.4 Å². The van der Waals surface area contributed by atoms with Crippen LogP contribution in [0.5, 0.6) is 0 Å². The number of alkyl halides is 1. The van der Waals surface area contributed by atoms with E-state index in [-0.39, 0.29) is 6.67 Å². The Morgan fingerprint density at radius 3 is 2.20 bits per heavy atom. The van der Waals surface area contributed by atoms with Gasteiger partial charge in [0, 0.05) is 10.2 Å². The van der Waals surface area contributed by atoms with Crippen molar-refractivity contribution in [1.82, 2.24) is 0 Å². The molecule has 0 N–H and O–H groups in total. The molecule has 0 spiro atoms. The minimum atomic E-state index is -0.327. The molecule has 0 amide bonds. The van der Waals surface area contributed by atoms with Gasteiger partial charge in [0.25, 0.3) is 0 Å². The smallest absolute Gasteiger partial charge is 0.106 e. The second-order valence-corrected chi connectivity index (χ2v) is 2.50. The van der Waals surface area contributed by atoms with Gasteiger partial charge >= 0.3 is 0 Å². The summed E-state index contributed by atoms with van der Waals surface area (Å²) in [6.45, 7) is 3.03. The number of rotatable bonds is 1. The maximum Gasteiger partial charge on any atom is 0.106 e. The quantitative estimate of drug-likeness (QED) is 0.392. The first-order valence-corrected chi connectivity index (χ1v) is 2.47. The minimum absolute atomic E-state index is 0.327. The summed E-state index contributed by atoms with van der Waals surface area (Å²) in [6, 6.07) is 0. The molecule has 0 saturated heterocycles. The van der Waals surface area contributed by atoms with Gasteiger partial charge in [-0.1, -0.05) is 5.20 Å². The summed E-state index contributed by atoms with van der Waals surface area (Å²) in [7, 11) is 0.800. The van der Waals surface area contributed by atoms with E-state index in [1.54, 1.807) is 0 Å². The third-order valence-electron chi connectivity index (χ3n) is 0.228. The molecular formula is C3H7FSi. The molecule has 0 rings (SSSR count). The zero-order chi connectivity index (χ0) is 4.28. The van der Waals surface area contributed by atoms with Gasteiger partial charge in [0.05, 0.1) is 0 Å². The van der Waals surface area contributed by atoms with Crippen molar-refractivity contribution in [3.63, 3.8) is 0 Å². The number of allylic oxidation sites excluding steroid dienone is 1. The molecule has 0 saturated carbocycles. The van der Waals surface area contributed by atoms with Crippen molar-refractivity contribution >= 4 is 10.2 Å². The van der Waals surface area contributed by atoms with Gasteiger partial charge in [0.2, 0.25) is 0 Å². The molecule has 0 unspecified atom stereocenters. The summed E-state index contributed by atoms with van der Waals surface area (Å²) < 4.78 is 11.1. The zero-order valence-corrected chi connectivity index (χ0v) is 5.29. The highest BCUT2D eigenvalue weighted by Gasteiger charge is 1.72. The second-order valence-electron chi connectivity index (χ2n) is 1.09. The molecule has 0 aliphatic heterocycles. The molecule has 0 nitrogen and oxygen atoms in total. The Morgan fingerprint density at radius 2 is 2.20 bits per heavy atom. The summed E-state index contributed by atoms with van der Waals surface area (Å²) in [5.74, 6) is 0. The molecule has 5 heavy (non-hydrogen) atoms. The number of halogens is 1. The third kappa shape index (κ3) is 3.89. The molecule has 0 fully saturated rings. The van der Waals surface area contributed by atoms with Gasteiger partial charge in [0.15, 0.2) is 0 Å². The van der Waals surface area contributed by atoms with Crippen LogP contribution in [-0.4, -0.2) is 16.9 Å². The van der Waals surface area contributed by atoms with E-state index in [1.807, 2.05) is 0 Å². The molecule has 0 radical (unpaired) electrons. The largest absolute Gasteiger partial charge is 0.247 e. The van der Waals surface area contributed by atoms with Crippen LogP contribution in [0.25, 0.3) is 0 Å². The van der Waals surface area contributed by atoms with E-state index in [2.05, 4.69) is 6.58 Å². The average Bonchev–Trinajstić information content (AvgIpc) is 1.38. The summed E-state index contributed by atoms with van der Waals surface area (Å²) in [6.07, 6.45) is 0. The van der Waals surface area contributed by atoms with Crippen LogP contribution >= 0.6 is 0 Å². The number of hydrogen-bond acceptors (Lipinski definition) is 0. The zero-order valence-electron chi connectivity index (χ0n) is 3.29. The van der Waals surface area contributed by atoms with Crippen molar-refractivity contribution in [2.75, 3.05) is 6.67 Å². The summed E-state index contributed by atoms with van der Waals surface area (Å²) in [4.78, 5) is 0. The van der Waals surface area contributed by atoms with Gasteiger partial charge in [-0.15, -0.1) is 6.58 Å². The maximum absolute atomic E-state index is 11.1. The average molecular weight is 90.2 g/mol. The predicted molar refractivity (Wildman–Crippen MR) is 25.1 cm³/mol. The molecular weight excluding hydrogens is 83.1 g/mol. The van der Waals surface area contributed by atoms with E-state index in [4.69, 9.17) is 0 Å². The molecule has 0 aromatic carbocycles. The first kappa shape index (κ1) is 4.89. The second kappa shape index (κ2) is 2.14. The fourth-order valence-electron chi connectivity index (χ4n) is 0. The molecule has 2 heteroatoms. The minimum Gasteiger partial charge on any atom is -0.247 e. The molecule has 0 aromatic rings. The summed E-state index contributed by atoms with van der Waals surface area (Å²) in [5, 5.41) is 0.727. The monoisotopic (exact) mass is 90.0 g/mol. The SMILES string of the molecule is C=C([SiH3])CF. The van der Waals surface area contributed by atoms with E-state index in [1.165, 1.54) is 0 Å². The van der Waals surface area contributed by atoms with E-state index < -0.39 is 0 Å². The van der Waals surface area contributed by atoms with Gasteiger partial charge in [-0.05, 0) is 0 Å². The van der Waals surface area contributed by atoms with E-state index in [9.17, 15) is 4.39 Å². The topological polar surface area (TPSA) is 0 Å². The lowest BCUT2D eigenvalue weighted by Crippen LogP contribution is -1.75. The third-order valence-corrected chi connectivity index (χ3v) is 0.495. The van der Waals surface area contributed by atoms with Crippen molar-refractivity contribution in [3.8, 4) is 0 Å². The van der Waals surface area contributed by atoms with Crippen LogP contribution in [0.15, 0.2) is 11.8 Å². The van der Waals surface area contributed by atoms with Crippen molar-refractivity contribution in [2.24, 2.45) is 0 Å². The lowest BCUT2D eigenvalue weighted by Gasteiger charge is -1.76. The molecule has 0 aliphatic rings. The lowest BCUT2D eigenvalue weighted by molar-refractivity contribution is 0.556. The fraction of sp³-hybridized carbons (Fsp3) is 0.333. The van der Waals surface area contributed by atoms with Gasteiger partial charge in [-0.25, -0.2) is 4.39 Å². The van der Waals surface area contributed by atoms with Crippen LogP contribution < -0.4 is 0 Å². The molecule has 0 bridgehead atoms. The van der Waals surface area contributed by atoms with Crippen LogP contribution in [0.1, 0.15) is 0 Å². The molecule has 0 atom stereocenters. The van der Waals surface area contributed by atoms with Gasteiger partial charge < -0.3 is 0 Å². The van der Waals surface area contributed by atoms with Crippen molar-refractivity contribution in [2.45, 2.75) is 0 Å². The molecule has 0 aliphatic carbocycles. The first-order chi connectivity index (χ1) is 2.27. The van der Waals surface area contributed by atoms with E-state index in [0.29, 0.717) is 0 Å². The standard InChI is InChI=1S/C3H7FSi/c1-3(5)2-4/h1-2H2,5H3. The predicted octanol–water partition coefficient (Wildman–Crippen LogP) is -0.165. The Bertz CT molecular complexity index is 42.2. The normalized spacial score (nSPS) is 8.20. The summed E-state index contributed by atoms with van der Waals surface area (Å²) >= 11 is 0.